The molecule has 4 heterocycles. The predicted octanol–water partition coefficient (Wildman–Crippen LogP) is 3.60. The largest absolute Gasteiger partial charge is 0.487 e. The molecule has 7 nitrogen and oxygen atoms in total. The Balaban J connectivity index is 1.33. The highest BCUT2D eigenvalue weighted by molar-refractivity contribution is 5.94. The van der Waals surface area contributed by atoms with Gasteiger partial charge in [0.1, 0.15) is 18.2 Å². The Morgan fingerprint density at radius 1 is 1.13 bits per heavy atom. The summed E-state index contributed by atoms with van der Waals surface area (Å²) >= 11 is 0. The van der Waals surface area contributed by atoms with Crippen LogP contribution in [0.1, 0.15) is 48.0 Å². The molecule has 1 saturated heterocycles. The molecule has 160 valence electrons. The molecule has 5 rings (SSSR count). The molecule has 2 aliphatic rings. The van der Waals surface area contributed by atoms with Gasteiger partial charge >= 0.3 is 0 Å². The number of carbonyl (C=O) groups excluding carboxylic acids is 1. The van der Waals surface area contributed by atoms with Crippen LogP contribution in [0.3, 0.4) is 0 Å². The van der Waals surface area contributed by atoms with Gasteiger partial charge in [-0.15, -0.1) is 0 Å². The van der Waals surface area contributed by atoms with E-state index in [1.165, 1.54) is 0 Å². The van der Waals surface area contributed by atoms with E-state index in [1.54, 1.807) is 6.20 Å². The van der Waals surface area contributed by atoms with Gasteiger partial charge < -0.3 is 15.0 Å². The number of rotatable bonds is 5. The molecule has 2 aliphatic heterocycles. The number of fused-ring (bicyclic) bond motifs is 1. The number of ether oxygens (including phenoxy) is 1. The Morgan fingerprint density at radius 2 is 1.94 bits per heavy atom. The Kier molecular flexibility index (Phi) is 5.42. The molecule has 1 aromatic carbocycles. The van der Waals surface area contributed by atoms with Crippen LogP contribution in [-0.4, -0.2) is 45.7 Å². The van der Waals surface area contributed by atoms with Crippen LogP contribution in [0.5, 0.6) is 5.75 Å². The highest BCUT2D eigenvalue weighted by atomic mass is 16.5. The lowest BCUT2D eigenvalue weighted by molar-refractivity contribution is -0.116. The van der Waals surface area contributed by atoms with Crippen molar-refractivity contribution in [2.75, 3.05) is 25.5 Å². The minimum atomic E-state index is 0.00797. The van der Waals surface area contributed by atoms with Crippen LogP contribution < -0.4 is 10.1 Å². The second-order valence-corrected chi connectivity index (χ2v) is 8.41. The van der Waals surface area contributed by atoms with Crippen LogP contribution in [0.25, 0.3) is 0 Å². The van der Waals surface area contributed by atoms with Crippen molar-refractivity contribution >= 4 is 11.7 Å². The van der Waals surface area contributed by atoms with Gasteiger partial charge in [-0.2, -0.15) is 5.10 Å². The van der Waals surface area contributed by atoms with Crippen molar-refractivity contribution in [1.29, 1.82) is 0 Å². The van der Waals surface area contributed by atoms with Crippen LogP contribution in [0.15, 0.2) is 54.9 Å². The summed E-state index contributed by atoms with van der Waals surface area (Å²) in [6.07, 6.45) is 6.23. The summed E-state index contributed by atoms with van der Waals surface area (Å²) in [5, 5.41) is 7.77. The molecule has 7 heteroatoms. The van der Waals surface area contributed by atoms with Crippen molar-refractivity contribution in [3.8, 4) is 5.75 Å². The lowest BCUT2D eigenvalue weighted by Gasteiger charge is -2.31. The maximum absolute atomic E-state index is 12.5. The number of hydrogen-bond acceptors (Lipinski definition) is 5. The number of anilines is 1. The average Bonchev–Trinajstić information content (AvgIpc) is 3.22. The Morgan fingerprint density at radius 3 is 2.68 bits per heavy atom. The third-order valence-electron chi connectivity index (χ3n) is 6.28. The van der Waals surface area contributed by atoms with Gasteiger partial charge in [0.15, 0.2) is 0 Å². The van der Waals surface area contributed by atoms with Gasteiger partial charge in [-0.1, -0.05) is 18.2 Å². The third kappa shape index (κ3) is 4.18. The van der Waals surface area contributed by atoms with E-state index in [9.17, 15) is 4.79 Å². The van der Waals surface area contributed by atoms with Gasteiger partial charge in [-0.3, -0.25) is 9.78 Å². The Hall–Kier alpha value is -3.19. The lowest BCUT2D eigenvalue weighted by Crippen LogP contribution is -2.33. The molecule has 0 spiro atoms. The quantitative estimate of drug-likeness (QED) is 0.687. The molecule has 0 bridgehead atoms. The summed E-state index contributed by atoms with van der Waals surface area (Å²) in [6, 6.07) is 14.1. The fraction of sp³-hybridized carbons (Fsp3) is 0.375. The summed E-state index contributed by atoms with van der Waals surface area (Å²) in [5.74, 6) is 1.71. The molecule has 31 heavy (non-hydrogen) atoms. The molecule has 1 amide bonds. The van der Waals surface area contributed by atoms with Crippen LogP contribution in [0.4, 0.5) is 5.82 Å². The standard InChI is InChI=1S/C24H27N5O2/c1-28-12-9-19(10-13-28)29-24-22(15-26-29)21(14-23(30)27-24)17-5-7-20(8-6-17)31-16-18-4-2-3-11-25-18/h2-8,11,15,19,21H,9-10,12-14,16H2,1H3,(H,27,30). The molecule has 0 radical (unpaired) electrons. The normalized spacial score (nSPS) is 19.6. The van der Waals surface area contributed by atoms with Crippen molar-refractivity contribution in [2.24, 2.45) is 0 Å². The first-order valence-electron chi connectivity index (χ1n) is 10.9. The Labute approximate surface area is 182 Å². The van der Waals surface area contributed by atoms with E-state index >= 15 is 0 Å². The number of piperidine rings is 1. The molecule has 2 aromatic heterocycles. The van der Waals surface area contributed by atoms with Crippen molar-refractivity contribution in [1.82, 2.24) is 19.7 Å². The maximum atomic E-state index is 12.5. The van der Waals surface area contributed by atoms with Gasteiger partial charge in [0.2, 0.25) is 5.91 Å². The van der Waals surface area contributed by atoms with Crippen LogP contribution >= 0.6 is 0 Å². The van der Waals surface area contributed by atoms with Crippen molar-refractivity contribution < 1.29 is 9.53 Å². The van der Waals surface area contributed by atoms with E-state index in [1.807, 2.05) is 53.3 Å². The molecule has 1 unspecified atom stereocenters. The molecule has 1 fully saturated rings. The van der Waals surface area contributed by atoms with Crippen LogP contribution in [0.2, 0.25) is 0 Å². The monoisotopic (exact) mass is 417 g/mol. The number of pyridine rings is 1. The fourth-order valence-electron chi connectivity index (χ4n) is 4.49. The van der Waals surface area contributed by atoms with Gasteiger partial charge in [0.05, 0.1) is 17.9 Å². The molecule has 0 aliphatic carbocycles. The van der Waals surface area contributed by atoms with E-state index in [0.29, 0.717) is 19.1 Å². The number of nitrogens with one attached hydrogen (secondary N) is 1. The highest BCUT2D eigenvalue weighted by Gasteiger charge is 2.32. The summed E-state index contributed by atoms with van der Waals surface area (Å²) in [7, 11) is 2.15. The summed E-state index contributed by atoms with van der Waals surface area (Å²) < 4.78 is 7.89. The van der Waals surface area contributed by atoms with Crippen LogP contribution in [-0.2, 0) is 11.4 Å². The smallest absolute Gasteiger partial charge is 0.226 e. The predicted molar refractivity (Wildman–Crippen MR) is 118 cm³/mol. The van der Waals surface area contributed by atoms with E-state index in [4.69, 9.17) is 4.74 Å². The molecule has 1 atom stereocenters. The van der Waals surface area contributed by atoms with Gasteiger partial charge in [0.25, 0.3) is 0 Å². The van der Waals surface area contributed by atoms with E-state index in [-0.39, 0.29) is 11.8 Å². The number of amides is 1. The first-order chi connectivity index (χ1) is 15.2. The minimum absolute atomic E-state index is 0.00797. The second-order valence-electron chi connectivity index (χ2n) is 8.41. The summed E-state index contributed by atoms with van der Waals surface area (Å²) in [5.41, 5.74) is 3.09. The lowest BCUT2D eigenvalue weighted by atomic mass is 9.87. The molecular weight excluding hydrogens is 390 g/mol. The zero-order valence-electron chi connectivity index (χ0n) is 17.7. The summed E-state index contributed by atoms with van der Waals surface area (Å²) in [4.78, 5) is 19.1. The third-order valence-corrected chi connectivity index (χ3v) is 6.28. The van der Waals surface area contributed by atoms with Gasteiger partial charge in [0, 0.05) is 24.1 Å². The zero-order valence-corrected chi connectivity index (χ0v) is 17.7. The molecule has 0 saturated carbocycles. The molecule has 3 aromatic rings. The topological polar surface area (TPSA) is 72.3 Å². The van der Waals surface area contributed by atoms with Crippen LogP contribution in [0, 0.1) is 0 Å². The molecular formula is C24H27N5O2. The average molecular weight is 418 g/mol. The maximum Gasteiger partial charge on any atom is 0.226 e. The van der Waals surface area contributed by atoms with Crippen molar-refractivity contribution in [3.63, 3.8) is 0 Å². The fourth-order valence-corrected chi connectivity index (χ4v) is 4.49. The number of carbonyl (C=O) groups is 1. The van der Waals surface area contributed by atoms with Gasteiger partial charge in [-0.25, -0.2) is 4.68 Å². The number of hydrogen-bond donors (Lipinski definition) is 1. The van der Waals surface area contributed by atoms with Crippen molar-refractivity contribution in [3.05, 3.63) is 71.7 Å². The number of aromatic nitrogens is 3. The number of benzene rings is 1. The Bertz CT molecular complexity index is 1040. The SMILES string of the molecule is CN1CCC(n2ncc3c2NC(=O)CC3c2ccc(OCc3ccccn3)cc2)CC1. The number of likely N-dealkylation sites (tertiary alicyclic amines) is 1. The summed E-state index contributed by atoms with van der Waals surface area (Å²) in [6.45, 7) is 2.53. The van der Waals surface area contributed by atoms with E-state index in [0.717, 1.165) is 54.3 Å². The van der Waals surface area contributed by atoms with Gasteiger partial charge in [-0.05, 0) is 62.8 Å². The highest BCUT2D eigenvalue weighted by Crippen LogP contribution is 2.39. The van der Waals surface area contributed by atoms with Crippen molar-refractivity contribution in [2.45, 2.75) is 37.8 Å². The second kappa shape index (κ2) is 8.51. The van der Waals surface area contributed by atoms with E-state index in [2.05, 4.69) is 27.3 Å². The number of nitrogens with zero attached hydrogens (tertiary/aromatic N) is 4. The molecule has 1 N–H and O–H groups in total. The van der Waals surface area contributed by atoms with E-state index < -0.39 is 0 Å². The zero-order chi connectivity index (χ0) is 21.2. The minimum Gasteiger partial charge on any atom is -0.487 e. The first kappa shape index (κ1) is 19.8. The first-order valence-corrected chi connectivity index (χ1v) is 10.9.